The van der Waals surface area contributed by atoms with Crippen molar-refractivity contribution in [3.05, 3.63) is 0 Å². The highest BCUT2D eigenvalue weighted by Gasteiger charge is 2.30. The van der Waals surface area contributed by atoms with Gasteiger partial charge in [-0.25, -0.2) is 4.79 Å². The van der Waals surface area contributed by atoms with Crippen LogP contribution in [0.2, 0.25) is 0 Å². The Morgan fingerprint density at radius 1 is 1.28 bits per heavy atom. The van der Waals surface area contributed by atoms with Crippen LogP contribution in [0.25, 0.3) is 0 Å². The number of aliphatic carboxylic acids is 1. The van der Waals surface area contributed by atoms with Gasteiger partial charge in [0.25, 0.3) is 0 Å². The van der Waals surface area contributed by atoms with Crippen molar-refractivity contribution in [1.82, 2.24) is 9.80 Å². The van der Waals surface area contributed by atoms with E-state index in [0.717, 1.165) is 25.7 Å². The molecule has 2 amide bonds. The van der Waals surface area contributed by atoms with E-state index in [1.54, 1.807) is 11.9 Å². The summed E-state index contributed by atoms with van der Waals surface area (Å²) in [5, 5.41) is 8.94. The minimum atomic E-state index is -0.937. The summed E-state index contributed by atoms with van der Waals surface area (Å²) in [6.45, 7) is 4.55. The highest BCUT2D eigenvalue weighted by molar-refractivity contribution is 5.80. The van der Waals surface area contributed by atoms with Crippen molar-refractivity contribution < 1.29 is 14.7 Å². The van der Waals surface area contributed by atoms with Gasteiger partial charge in [-0.15, -0.1) is 0 Å². The summed E-state index contributed by atoms with van der Waals surface area (Å²) >= 11 is 0. The summed E-state index contributed by atoms with van der Waals surface area (Å²) < 4.78 is 0. The maximum absolute atomic E-state index is 12.3. The van der Waals surface area contributed by atoms with Crippen LogP contribution in [0.15, 0.2) is 0 Å². The molecule has 5 nitrogen and oxygen atoms in total. The second-order valence-corrected chi connectivity index (χ2v) is 5.52. The van der Waals surface area contributed by atoms with Crippen molar-refractivity contribution >= 4 is 12.0 Å². The normalized spacial score (nSPS) is 16.0. The summed E-state index contributed by atoms with van der Waals surface area (Å²) in [5.74, 6) is -0.553. The second kappa shape index (κ2) is 6.61. The van der Waals surface area contributed by atoms with Gasteiger partial charge < -0.3 is 14.9 Å². The highest BCUT2D eigenvalue weighted by atomic mass is 16.4. The highest BCUT2D eigenvalue weighted by Crippen LogP contribution is 2.24. The zero-order valence-corrected chi connectivity index (χ0v) is 11.6. The van der Waals surface area contributed by atoms with Gasteiger partial charge in [0.2, 0.25) is 0 Å². The Balaban J connectivity index is 2.68. The van der Waals surface area contributed by atoms with Crippen molar-refractivity contribution in [3.8, 4) is 0 Å². The van der Waals surface area contributed by atoms with Gasteiger partial charge >= 0.3 is 12.0 Å². The van der Waals surface area contributed by atoms with E-state index < -0.39 is 5.97 Å². The largest absolute Gasteiger partial charge is 0.480 e. The second-order valence-electron chi connectivity index (χ2n) is 5.52. The topological polar surface area (TPSA) is 60.9 Å². The quantitative estimate of drug-likeness (QED) is 0.818. The van der Waals surface area contributed by atoms with Gasteiger partial charge in [-0.05, 0) is 18.8 Å². The Bertz CT molecular complexity index is 299. The van der Waals surface area contributed by atoms with Gasteiger partial charge in [0.1, 0.15) is 6.54 Å². The number of carbonyl (C=O) groups excluding carboxylic acids is 1. The minimum absolute atomic E-state index is 0.100. The average Bonchev–Trinajstić information content (AvgIpc) is 2.76. The fraction of sp³-hybridized carbons (Fsp3) is 0.846. The molecule has 0 aromatic carbocycles. The molecule has 18 heavy (non-hydrogen) atoms. The molecule has 0 bridgehead atoms. The Labute approximate surface area is 109 Å². The van der Waals surface area contributed by atoms with Crippen LogP contribution in [0.5, 0.6) is 0 Å². The molecule has 0 radical (unpaired) electrons. The van der Waals surface area contributed by atoms with E-state index >= 15 is 0 Å². The fourth-order valence-corrected chi connectivity index (χ4v) is 2.56. The first-order valence-electron chi connectivity index (χ1n) is 6.65. The molecule has 1 saturated carbocycles. The maximum Gasteiger partial charge on any atom is 0.323 e. The van der Waals surface area contributed by atoms with E-state index in [0.29, 0.717) is 12.5 Å². The van der Waals surface area contributed by atoms with E-state index in [9.17, 15) is 9.59 Å². The van der Waals surface area contributed by atoms with Crippen LogP contribution in [-0.2, 0) is 4.79 Å². The molecule has 1 aliphatic carbocycles. The standard InChI is InChI=1S/C13H24N2O3/c1-10(2)8-14(3)13(18)15(9-12(16)17)11-6-4-5-7-11/h10-11H,4-9H2,1-3H3,(H,16,17). The molecule has 1 fully saturated rings. The van der Waals surface area contributed by atoms with Gasteiger partial charge in [0, 0.05) is 19.6 Å². The number of nitrogens with zero attached hydrogens (tertiary/aromatic N) is 2. The number of urea groups is 1. The molecule has 0 saturated heterocycles. The minimum Gasteiger partial charge on any atom is -0.480 e. The summed E-state index contributed by atoms with van der Waals surface area (Å²) in [5.41, 5.74) is 0. The molecule has 0 spiro atoms. The molecule has 5 heteroatoms. The lowest BCUT2D eigenvalue weighted by molar-refractivity contribution is -0.138. The van der Waals surface area contributed by atoms with Crippen molar-refractivity contribution in [2.24, 2.45) is 5.92 Å². The van der Waals surface area contributed by atoms with Crippen LogP contribution in [0, 0.1) is 5.92 Å². The monoisotopic (exact) mass is 256 g/mol. The molecule has 1 aliphatic rings. The number of carboxylic acid groups (broad SMARTS) is 1. The number of carbonyl (C=O) groups is 2. The molecule has 0 aromatic heterocycles. The first-order chi connectivity index (χ1) is 8.41. The van der Waals surface area contributed by atoms with Crippen molar-refractivity contribution in [2.75, 3.05) is 20.1 Å². The van der Waals surface area contributed by atoms with Crippen molar-refractivity contribution in [3.63, 3.8) is 0 Å². The molecule has 0 unspecified atom stereocenters. The molecule has 0 aliphatic heterocycles. The summed E-state index contributed by atoms with van der Waals surface area (Å²) in [4.78, 5) is 26.3. The van der Waals surface area contributed by atoms with E-state index in [-0.39, 0.29) is 18.6 Å². The SMILES string of the molecule is CC(C)CN(C)C(=O)N(CC(=O)O)C1CCCC1. The van der Waals surface area contributed by atoms with Crippen LogP contribution in [-0.4, -0.2) is 53.1 Å². The van der Waals surface area contributed by atoms with E-state index in [4.69, 9.17) is 5.11 Å². The van der Waals surface area contributed by atoms with Crippen LogP contribution in [0.4, 0.5) is 4.79 Å². The van der Waals surface area contributed by atoms with Crippen molar-refractivity contribution in [2.45, 2.75) is 45.6 Å². The Kier molecular flexibility index (Phi) is 5.44. The van der Waals surface area contributed by atoms with E-state index in [1.807, 2.05) is 13.8 Å². The van der Waals surface area contributed by atoms with Gasteiger partial charge in [-0.2, -0.15) is 0 Å². The first kappa shape index (κ1) is 14.8. The molecular formula is C13H24N2O3. The zero-order valence-electron chi connectivity index (χ0n) is 11.6. The molecule has 0 aromatic rings. The third-order valence-corrected chi connectivity index (χ3v) is 3.28. The zero-order chi connectivity index (χ0) is 13.7. The smallest absolute Gasteiger partial charge is 0.323 e. The first-order valence-corrected chi connectivity index (χ1v) is 6.65. The number of amides is 2. The van der Waals surface area contributed by atoms with E-state index in [2.05, 4.69) is 0 Å². The van der Waals surface area contributed by atoms with Gasteiger partial charge in [-0.3, -0.25) is 4.79 Å². The fourth-order valence-electron chi connectivity index (χ4n) is 2.56. The van der Waals surface area contributed by atoms with Crippen molar-refractivity contribution in [1.29, 1.82) is 0 Å². The lowest BCUT2D eigenvalue weighted by Gasteiger charge is -2.32. The molecule has 1 rings (SSSR count). The summed E-state index contributed by atoms with van der Waals surface area (Å²) in [6.07, 6.45) is 4.02. The molecule has 104 valence electrons. The third kappa shape index (κ3) is 4.20. The molecule has 0 heterocycles. The predicted octanol–water partition coefficient (Wildman–Crippen LogP) is 2.02. The number of rotatable bonds is 5. The number of carboxylic acids is 1. The summed E-state index contributed by atoms with van der Waals surface area (Å²) in [6, 6.07) is -0.0544. The Morgan fingerprint density at radius 2 is 1.83 bits per heavy atom. The maximum atomic E-state index is 12.3. The lowest BCUT2D eigenvalue weighted by atomic mass is 10.2. The van der Waals surface area contributed by atoms with Crippen LogP contribution in [0.3, 0.4) is 0 Å². The Hall–Kier alpha value is -1.26. The van der Waals surface area contributed by atoms with Crippen LogP contribution in [0.1, 0.15) is 39.5 Å². The predicted molar refractivity (Wildman–Crippen MR) is 69.5 cm³/mol. The lowest BCUT2D eigenvalue weighted by Crippen LogP contribution is -2.49. The van der Waals surface area contributed by atoms with Crippen LogP contribution < -0.4 is 0 Å². The molecule has 1 N–H and O–H groups in total. The average molecular weight is 256 g/mol. The number of hydrogen-bond acceptors (Lipinski definition) is 2. The Morgan fingerprint density at radius 3 is 2.28 bits per heavy atom. The van der Waals surface area contributed by atoms with Crippen LogP contribution >= 0.6 is 0 Å². The molecule has 0 atom stereocenters. The summed E-state index contributed by atoms with van der Waals surface area (Å²) in [7, 11) is 1.74. The third-order valence-electron chi connectivity index (χ3n) is 3.28. The van der Waals surface area contributed by atoms with E-state index in [1.165, 1.54) is 4.90 Å². The number of hydrogen-bond donors (Lipinski definition) is 1. The van der Waals surface area contributed by atoms with Gasteiger partial charge in [0.05, 0.1) is 0 Å². The molecular weight excluding hydrogens is 232 g/mol. The van der Waals surface area contributed by atoms with Gasteiger partial charge in [0.15, 0.2) is 0 Å². The van der Waals surface area contributed by atoms with Gasteiger partial charge in [-0.1, -0.05) is 26.7 Å².